The van der Waals surface area contributed by atoms with E-state index in [2.05, 4.69) is 60.4 Å². The van der Waals surface area contributed by atoms with Crippen LogP contribution in [-0.4, -0.2) is 47.1 Å². The zero-order valence-electron chi connectivity index (χ0n) is 15.4. The zero-order valence-corrected chi connectivity index (χ0v) is 15.4. The van der Waals surface area contributed by atoms with E-state index in [0.29, 0.717) is 24.2 Å². The summed E-state index contributed by atoms with van der Waals surface area (Å²) in [6.45, 7) is 18.2. The van der Waals surface area contributed by atoms with Gasteiger partial charge in [-0.2, -0.15) is 0 Å². The normalized spacial score (nSPS) is 31.2. The van der Waals surface area contributed by atoms with Crippen molar-refractivity contribution in [3.05, 3.63) is 50.6 Å². The predicted molar refractivity (Wildman–Crippen MR) is 106 cm³/mol. The van der Waals surface area contributed by atoms with Gasteiger partial charge in [-0.15, -0.1) is 26.3 Å². The lowest BCUT2D eigenvalue weighted by Gasteiger charge is -2.35. The molecule has 4 atom stereocenters. The van der Waals surface area contributed by atoms with E-state index in [1.165, 1.54) is 25.7 Å². The van der Waals surface area contributed by atoms with Crippen molar-refractivity contribution in [2.45, 2.75) is 75.5 Å². The molecule has 2 heterocycles. The highest BCUT2D eigenvalue weighted by Gasteiger charge is 2.35. The molecule has 2 fully saturated rings. The van der Waals surface area contributed by atoms with Crippen molar-refractivity contribution in [2.75, 3.05) is 13.1 Å². The third-order valence-electron chi connectivity index (χ3n) is 5.91. The van der Waals surface area contributed by atoms with Crippen molar-refractivity contribution in [3.63, 3.8) is 0 Å². The fourth-order valence-electron chi connectivity index (χ4n) is 4.77. The third kappa shape index (κ3) is 4.70. The van der Waals surface area contributed by atoms with Crippen LogP contribution < -0.4 is 0 Å². The highest BCUT2D eigenvalue weighted by molar-refractivity contribution is 4.97. The van der Waals surface area contributed by atoms with E-state index in [9.17, 15) is 0 Å². The minimum Gasteiger partial charge on any atom is -0.296 e. The highest BCUT2D eigenvalue weighted by atomic mass is 15.3. The van der Waals surface area contributed by atoms with E-state index in [0.717, 1.165) is 38.8 Å². The van der Waals surface area contributed by atoms with Crippen molar-refractivity contribution in [1.29, 1.82) is 0 Å². The van der Waals surface area contributed by atoms with Crippen LogP contribution in [0.2, 0.25) is 0 Å². The second-order valence-corrected chi connectivity index (χ2v) is 7.34. The fraction of sp³-hybridized carbons (Fsp3) is 0.636. The molecular formula is C22H36N2. The molecule has 0 unspecified atom stereocenters. The summed E-state index contributed by atoms with van der Waals surface area (Å²) in [7, 11) is 0. The van der Waals surface area contributed by atoms with Crippen LogP contribution >= 0.6 is 0 Å². The molecule has 0 aromatic heterocycles. The van der Waals surface area contributed by atoms with Crippen LogP contribution in [0.1, 0.15) is 51.4 Å². The molecule has 134 valence electrons. The average Bonchev–Trinajstić information content (AvgIpc) is 3.12. The first kappa shape index (κ1) is 19.2. The van der Waals surface area contributed by atoms with E-state index in [4.69, 9.17) is 0 Å². The molecule has 0 aliphatic carbocycles. The van der Waals surface area contributed by atoms with Gasteiger partial charge in [-0.1, -0.05) is 24.3 Å². The molecule has 2 rings (SSSR count). The first-order valence-electron chi connectivity index (χ1n) is 9.70. The van der Waals surface area contributed by atoms with Gasteiger partial charge < -0.3 is 0 Å². The van der Waals surface area contributed by atoms with Gasteiger partial charge in [0.25, 0.3) is 0 Å². The van der Waals surface area contributed by atoms with Crippen LogP contribution in [0.4, 0.5) is 0 Å². The van der Waals surface area contributed by atoms with Crippen LogP contribution in [0.25, 0.3) is 0 Å². The molecule has 0 aromatic carbocycles. The first-order chi connectivity index (χ1) is 11.7. The minimum atomic E-state index is 0.672. The van der Waals surface area contributed by atoms with Crippen LogP contribution in [0, 0.1) is 0 Å². The first-order valence-corrected chi connectivity index (χ1v) is 9.70. The van der Waals surface area contributed by atoms with Gasteiger partial charge in [-0.05, 0) is 51.4 Å². The van der Waals surface area contributed by atoms with Gasteiger partial charge >= 0.3 is 0 Å². The number of nitrogens with zero attached hydrogens (tertiary/aromatic N) is 2. The molecule has 0 aromatic rings. The summed E-state index contributed by atoms with van der Waals surface area (Å²) in [6.07, 6.45) is 18.0. The maximum absolute atomic E-state index is 3.96. The second-order valence-electron chi connectivity index (χ2n) is 7.34. The summed E-state index contributed by atoms with van der Waals surface area (Å²) in [5.41, 5.74) is 0. The average molecular weight is 329 g/mol. The summed E-state index contributed by atoms with van der Waals surface area (Å²) in [6, 6.07) is 2.69. The highest BCUT2D eigenvalue weighted by Crippen LogP contribution is 2.31. The summed E-state index contributed by atoms with van der Waals surface area (Å²) < 4.78 is 0. The van der Waals surface area contributed by atoms with Gasteiger partial charge in [0.15, 0.2) is 0 Å². The van der Waals surface area contributed by atoms with Gasteiger partial charge in [0.1, 0.15) is 0 Å². The van der Waals surface area contributed by atoms with E-state index in [-0.39, 0.29) is 0 Å². The molecular weight excluding hydrogens is 292 g/mol. The molecule has 0 radical (unpaired) electrons. The number of hydrogen-bond donors (Lipinski definition) is 0. The summed E-state index contributed by atoms with van der Waals surface area (Å²) in [5, 5.41) is 0. The number of rotatable bonds is 11. The zero-order chi connectivity index (χ0) is 17.4. The van der Waals surface area contributed by atoms with E-state index in [1.807, 2.05) is 0 Å². The smallest absolute Gasteiger partial charge is 0.0134 e. The lowest BCUT2D eigenvalue weighted by molar-refractivity contribution is 0.128. The maximum atomic E-state index is 3.96. The maximum Gasteiger partial charge on any atom is 0.0134 e. The molecule has 0 bridgehead atoms. The predicted octanol–water partition coefficient (Wildman–Crippen LogP) is 4.96. The van der Waals surface area contributed by atoms with Crippen molar-refractivity contribution in [3.8, 4) is 0 Å². The van der Waals surface area contributed by atoms with Crippen LogP contribution in [0.5, 0.6) is 0 Å². The Labute approximate surface area is 149 Å². The van der Waals surface area contributed by atoms with E-state index >= 15 is 0 Å². The molecule has 2 saturated heterocycles. The molecule has 0 saturated carbocycles. The Morgan fingerprint density at radius 2 is 0.792 bits per heavy atom. The molecule has 2 aliphatic heterocycles. The van der Waals surface area contributed by atoms with Crippen molar-refractivity contribution in [1.82, 2.24) is 9.80 Å². The van der Waals surface area contributed by atoms with Gasteiger partial charge in [-0.3, -0.25) is 9.80 Å². The Hall–Kier alpha value is -1.12. The Balaban J connectivity index is 2.00. The Bertz CT molecular complexity index is 352. The summed E-state index contributed by atoms with van der Waals surface area (Å²) >= 11 is 0. The van der Waals surface area contributed by atoms with Crippen LogP contribution in [0.3, 0.4) is 0 Å². The monoisotopic (exact) mass is 328 g/mol. The molecule has 2 aliphatic rings. The summed E-state index contributed by atoms with van der Waals surface area (Å²) in [4.78, 5) is 5.47. The minimum absolute atomic E-state index is 0.672. The van der Waals surface area contributed by atoms with Gasteiger partial charge in [0.2, 0.25) is 0 Å². The lowest BCUT2D eigenvalue weighted by atomic mass is 10.1. The quantitative estimate of drug-likeness (QED) is 0.495. The topological polar surface area (TPSA) is 6.48 Å². The molecule has 0 spiro atoms. The van der Waals surface area contributed by atoms with Gasteiger partial charge in [-0.25, -0.2) is 0 Å². The molecule has 2 heteroatoms. The van der Waals surface area contributed by atoms with Gasteiger partial charge in [0, 0.05) is 37.3 Å². The van der Waals surface area contributed by atoms with Crippen LogP contribution in [0.15, 0.2) is 50.6 Å². The third-order valence-corrected chi connectivity index (χ3v) is 5.91. The molecule has 0 amide bonds. The Morgan fingerprint density at radius 3 is 1.00 bits per heavy atom. The van der Waals surface area contributed by atoms with Crippen molar-refractivity contribution >= 4 is 0 Å². The Kier molecular flexibility index (Phi) is 8.01. The van der Waals surface area contributed by atoms with E-state index in [1.54, 1.807) is 0 Å². The largest absolute Gasteiger partial charge is 0.296 e. The van der Waals surface area contributed by atoms with Crippen molar-refractivity contribution < 1.29 is 0 Å². The fourth-order valence-corrected chi connectivity index (χ4v) is 4.77. The van der Waals surface area contributed by atoms with Crippen molar-refractivity contribution in [2.24, 2.45) is 0 Å². The van der Waals surface area contributed by atoms with E-state index < -0.39 is 0 Å². The molecule has 0 N–H and O–H groups in total. The Morgan fingerprint density at radius 1 is 0.542 bits per heavy atom. The second kappa shape index (κ2) is 10.0. The number of likely N-dealkylation sites (tertiary alicyclic amines) is 2. The van der Waals surface area contributed by atoms with Gasteiger partial charge in [0.05, 0.1) is 0 Å². The molecule has 2 nitrogen and oxygen atoms in total. The lowest BCUT2D eigenvalue weighted by Crippen LogP contribution is -2.45. The SMILES string of the molecule is C=CC[C@@H]1CC[C@H](CC=C)N1CCN1[C@@H](CC=C)CC[C@@H]1CC=C. The van der Waals surface area contributed by atoms with Crippen LogP contribution in [-0.2, 0) is 0 Å². The summed E-state index contributed by atoms with van der Waals surface area (Å²) in [5.74, 6) is 0. The number of hydrogen-bond acceptors (Lipinski definition) is 2. The molecule has 24 heavy (non-hydrogen) atoms. The standard InChI is InChI=1S/C22H36N2/c1-5-9-19-13-14-20(10-6-2)23(19)17-18-24-21(11-7-3)15-16-22(24)12-8-4/h5-8,19-22H,1-4,9-18H2/t19-,20-,21-,22+/m0/s1.